The maximum atomic E-state index is 10.7. The number of nitro groups is 1. The number of ether oxygens (including phenoxy) is 1. The van der Waals surface area contributed by atoms with Gasteiger partial charge in [-0.25, -0.2) is 4.98 Å². The number of nitrogens with zero attached hydrogens (tertiary/aromatic N) is 2. The molecule has 0 aliphatic carbocycles. The van der Waals surface area contributed by atoms with Gasteiger partial charge in [0.2, 0.25) is 0 Å². The predicted octanol–water partition coefficient (Wildman–Crippen LogP) is 4.79. The summed E-state index contributed by atoms with van der Waals surface area (Å²) in [6.07, 6.45) is 0. The molecule has 0 fully saturated rings. The van der Waals surface area contributed by atoms with Crippen LogP contribution in [0.5, 0.6) is 5.75 Å². The van der Waals surface area contributed by atoms with Gasteiger partial charge in [0.25, 0.3) is 5.69 Å². The van der Waals surface area contributed by atoms with Crippen LogP contribution in [0.25, 0.3) is 10.9 Å². The van der Waals surface area contributed by atoms with E-state index in [0.29, 0.717) is 12.4 Å². The summed E-state index contributed by atoms with van der Waals surface area (Å²) in [5.74, 6) is 0.685. The third kappa shape index (κ3) is 3.32. The van der Waals surface area contributed by atoms with Gasteiger partial charge in [-0.1, -0.05) is 15.9 Å². The Bertz CT molecular complexity index is 879. The molecule has 3 rings (SSSR count). The van der Waals surface area contributed by atoms with Gasteiger partial charge in [0.05, 0.1) is 4.92 Å². The first-order valence-corrected chi connectivity index (χ1v) is 7.76. The van der Waals surface area contributed by atoms with Crippen LogP contribution in [-0.2, 0) is 6.61 Å². The topological polar surface area (TPSA) is 65.3 Å². The fourth-order valence-electron chi connectivity index (χ4n) is 2.25. The maximum Gasteiger partial charge on any atom is 0.269 e. The Balaban J connectivity index is 1.85. The summed E-state index contributed by atoms with van der Waals surface area (Å²) in [6.45, 7) is 2.25. The van der Waals surface area contributed by atoms with Crippen molar-refractivity contribution in [3.05, 3.63) is 74.4 Å². The minimum absolute atomic E-state index is 0.0696. The zero-order valence-corrected chi connectivity index (χ0v) is 13.9. The Morgan fingerprint density at radius 1 is 1.13 bits per heavy atom. The van der Waals surface area contributed by atoms with Gasteiger partial charge >= 0.3 is 0 Å². The molecule has 0 spiro atoms. The Morgan fingerprint density at radius 2 is 1.87 bits per heavy atom. The molecule has 1 heterocycles. The third-order valence-corrected chi connectivity index (χ3v) is 4.14. The van der Waals surface area contributed by atoms with Crippen LogP contribution in [0.1, 0.15) is 11.3 Å². The van der Waals surface area contributed by atoms with Crippen molar-refractivity contribution in [3.63, 3.8) is 0 Å². The van der Waals surface area contributed by atoms with Crippen LogP contribution in [0, 0.1) is 17.0 Å². The van der Waals surface area contributed by atoms with E-state index in [-0.39, 0.29) is 5.69 Å². The van der Waals surface area contributed by atoms with Crippen LogP contribution in [0.15, 0.2) is 53.0 Å². The first-order valence-electron chi connectivity index (χ1n) is 6.96. The number of rotatable bonds is 4. The average Bonchev–Trinajstić information content (AvgIpc) is 2.54. The molecular weight excluding hydrogens is 360 g/mol. The number of aryl methyl sites for hydroxylation is 1. The highest BCUT2D eigenvalue weighted by molar-refractivity contribution is 9.10. The molecule has 0 unspecified atom stereocenters. The average molecular weight is 373 g/mol. The number of pyridine rings is 1. The van der Waals surface area contributed by atoms with Gasteiger partial charge in [-0.2, -0.15) is 0 Å². The van der Waals surface area contributed by atoms with Crippen molar-refractivity contribution in [3.8, 4) is 5.75 Å². The van der Waals surface area contributed by atoms with E-state index >= 15 is 0 Å². The minimum Gasteiger partial charge on any atom is -0.487 e. The summed E-state index contributed by atoms with van der Waals surface area (Å²) in [5, 5.41) is 11.6. The van der Waals surface area contributed by atoms with Gasteiger partial charge in [-0.05, 0) is 48.9 Å². The minimum atomic E-state index is -0.417. The molecule has 0 aliphatic heterocycles. The summed E-state index contributed by atoms with van der Waals surface area (Å²) in [7, 11) is 0. The molecule has 2 aromatic carbocycles. The van der Waals surface area contributed by atoms with E-state index in [1.165, 1.54) is 12.1 Å². The van der Waals surface area contributed by atoms with E-state index in [0.717, 1.165) is 26.6 Å². The summed E-state index contributed by atoms with van der Waals surface area (Å²) >= 11 is 3.51. The van der Waals surface area contributed by atoms with E-state index in [2.05, 4.69) is 20.9 Å². The zero-order valence-electron chi connectivity index (χ0n) is 12.3. The van der Waals surface area contributed by atoms with Crippen LogP contribution in [-0.4, -0.2) is 9.91 Å². The van der Waals surface area contributed by atoms with Crippen LogP contribution in [0.4, 0.5) is 5.69 Å². The molecule has 3 aromatic rings. The Kier molecular flexibility index (Phi) is 4.25. The maximum absolute atomic E-state index is 10.7. The van der Waals surface area contributed by atoms with E-state index < -0.39 is 4.92 Å². The molecule has 0 aliphatic rings. The highest BCUT2D eigenvalue weighted by Crippen LogP contribution is 2.31. The largest absolute Gasteiger partial charge is 0.487 e. The fraction of sp³-hybridized carbons (Fsp3) is 0.118. The molecule has 0 atom stereocenters. The second-order valence-corrected chi connectivity index (χ2v) is 5.96. The second kappa shape index (κ2) is 6.34. The molecule has 0 radical (unpaired) electrons. The number of halogens is 1. The van der Waals surface area contributed by atoms with E-state index in [4.69, 9.17) is 4.74 Å². The van der Waals surface area contributed by atoms with Gasteiger partial charge < -0.3 is 4.74 Å². The Hall–Kier alpha value is -2.47. The monoisotopic (exact) mass is 372 g/mol. The van der Waals surface area contributed by atoms with E-state index in [9.17, 15) is 10.1 Å². The standard InChI is InChI=1S/C17H13BrN2O3/c1-11-2-7-14-15(18)8-9-16(17(14)19-11)23-10-12-3-5-13(6-4-12)20(21)22/h2-9H,10H2,1H3. The predicted molar refractivity (Wildman–Crippen MR) is 91.6 cm³/mol. The molecule has 5 nitrogen and oxygen atoms in total. The molecule has 0 saturated heterocycles. The molecule has 0 bridgehead atoms. The van der Waals surface area contributed by atoms with Gasteiger partial charge in [0, 0.05) is 27.7 Å². The smallest absolute Gasteiger partial charge is 0.269 e. The molecular formula is C17H13BrN2O3. The number of benzene rings is 2. The van der Waals surface area contributed by atoms with Crippen LogP contribution in [0.2, 0.25) is 0 Å². The van der Waals surface area contributed by atoms with E-state index in [1.54, 1.807) is 12.1 Å². The van der Waals surface area contributed by atoms with Crippen molar-refractivity contribution in [2.45, 2.75) is 13.5 Å². The Morgan fingerprint density at radius 3 is 2.57 bits per heavy atom. The van der Waals surface area contributed by atoms with Crippen molar-refractivity contribution < 1.29 is 9.66 Å². The molecule has 1 aromatic heterocycles. The summed E-state index contributed by atoms with van der Waals surface area (Å²) in [5.41, 5.74) is 2.64. The van der Waals surface area contributed by atoms with Crippen molar-refractivity contribution in [2.24, 2.45) is 0 Å². The number of hydrogen-bond acceptors (Lipinski definition) is 4. The lowest BCUT2D eigenvalue weighted by Gasteiger charge is -2.10. The first-order chi connectivity index (χ1) is 11.0. The highest BCUT2D eigenvalue weighted by Gasteiger charge is 2.09. The Labute approximate surface area is 141 Å². The van der Waals surface area contributed by atoms with Crippen molar-refractivity contribution in [2.75, 3.05) is 0 Å². The lowest BCUT2D eigenvalue weighted by Crippen LogP contribution is -1.98. The normalized spacial score (nSPS) is 10.7. The summed E-state index contributed by atoms with van der Waals surface area (Å²) < 4.78 is 6.82. The van der Waals surface area contributed by atoms with Gasteiger partial charge in [-0.3, -0.25) is 10.1 Å². The molecule has 23 heavy (non-hydrogen) atoms. The lowest BCUT2D eigenvalue weighted by atomic mass is 10.2. The molecule has 0 amide bonds. The SMILES string of the molecule is Cc1ccc2c(Br)ccc(OCc3ccc([N+](=O)[O-])cc3)c2n1. The number of nitro benzene ring substituents is 1. The number of fused-ring (bicyclic) bond motifs is 1. The van der Waals surface area contributed by atoms with Gasteiger partial charge in [-0.15, -0.1) is 0 Å². The molecule has 6 heteroatoms. The van der Waals surface area contributed by atoms with Crippen LogP contribution < -0.4 is 4.74 Å². The summed E-state index contributed by atoms with van der Waals surface area (Å²) in [6, 6.07) is 14.1. The first kappa shape index (κ1) is 15.4. The van der Waals surface area contributed by atoms with Gasteiger partial charge in [0.15, 0.2) is 0 Å². The van der Waals surface area contributed by atoms with Crippen molar-refractivity contribution >= 4 is 32.5 Å². The highest BCUT2D eigenvalue weighted by atomic mass is 79.9. The van der Waals surface area contributed by atoms with Crippen LogP contribution >= 0.6 is 15.9 Å². The number of hydrogen-bond donors (Lipinski definition) is 0. The van der Waals surface area contributed by atoms with Crippen LogP contribution in [0.3, 0.4) is 0 Å². The van der Waals surface area contributed by atoms with Crippen molar-refractivity contribution in [1.82, 2.24) is 4.98 Å². The third-order valence-electron chi connectivity index (χ3n) is 3.45. The van der Waals surface area contributed by atoms with E-state index in [1.807, 2.05) is 31.2 Å². The fourth-order valence-corrected chi connectivity index (χ4v) is 2.70. The zero-order chi connectivity index (χ0) is 16.4. The number of aromatic nitrogens is 1. The van der Waals surface area contributed by atoms with Crippen molar-refractivity contribution in [1.29, 1.82) is 0 Å². The number of non-ortho nitro benzene ring substituents is 1. The molecule has 0 N–H and O–H groups in total. The summed E-state index contributed by atoms with van der Waals surface area (Å²) in [4.78, 5) is 14.8. The lowest BCUT2D eigenvalue weighted by molar-refractivity contribution is -0.384. The molecule has 116 valence electrons. The molecule has 0 saturated carbocycles. The second-order valence-electron chi connectivity index (χ2n) is 5.11. The van der Waals surface area contributed by atoms with Gasteiger partial charge in [0.1, 0.15) is 17.9 Å². The quantitative estimate of drug-likeness (QED) is 0.487.